The predicted octanol–water partition coefficient (Wildman–Crippen LogP) is 8.61. The van der Waals surface area contributed by atoms with Crippen LogP contribution in [0.3, 0.4) is 0 Å². The maximum atomic E-state index is 12.5. The Hall–Kier alpha value is -1.86. The Morgan fingerprint density at radius 2 is 1.26 bits per heavy atom. The second-order valence-electron chi connectivity index (χ2n) is 8.51. The average molecular weight is 562 g/mol. The van der Waals surface area contributed by atoms with E-state index in [0.29, 0.717) is 44.6 Å². The SMILES string of the molecule is CCCC[C@](CC)(CCCNC(=O)Nc1ccc(Cl)c(Cl)c1)CNC(=O)Nc1ccc(Cl)c(Cl)c1. The number of benzene rings is 2. The van der Waals surface area contributed by atoms with Crippen molar-refractivity contribution in [3.8, 4) is 0 Å². The summed E-state index contributed by atoms with van der Waals surface area (Å²) in [6.07, 6.45) is 5.68. The number of hydrogen-bond donors (Lipinski definition) is 4. The van der Waals surface area contributed by atoms with Gasteiger partial charge >= 0.3 is 12.1 Å². The van der Waals surface area contributed by atoms with Crippen molar-refractivity contribution < 1.29 is 9.59 Å². The number of amides is 4. The summed E-state index contributed by atoms with van der Waals surface area (Å²) in [5.74, 6) is 0. The lowest BCUT2D eigenvalue weighted by Gasteiger charge is -2.33. The van der Waals surface area contributed by atoms with Crippen molar-refractivity contribution in [2.75, 3.05) is 23.7 Å². The van der Waals surface area contributed by atoms with Crippen molar-refractivity contribution in [2.45, 2.75) is 52.4 Å². The molecule has 2 rings (SSSR count). The van der Waals surface area contributed by atoms with Crippen LogP contribution in [0.25, 0.3) is 0 Å². The fourth-order valence-corrected chi connectivity index (χ4v) is 4.36. The molecule has 0 radical (unpaired) electrons. The van der Waals surface area contributed by atoms with E-state index in [-0.39, 0.29) is 17.5 Å². The number of carbonyl (C=O) groups is 2. The van der Waals surface area contributed by atoms with Gasteiger partial charge in [-0.3, -0.25) is 0 Å². The molecule has 10 heteroatoms. The maximum Gasteiger partial charge on any atom is 0.319 e. The van der Waals surface area contributed by atoms with Crippen molar-refractivity contribution in [1.82, 2.24) is 10.6 Å². The van der Waals surface area contributed by atoms with Crippen LogP contribution in [0.15, 0.2) is 36.4 Å². The first-order valence-corrected chi connectivity index (χ1v) is 13.2. The van der Waals surface area contributed by atoms with Gasteiger partial charge in [-0.1, -0.05) is 73.1 Å². The van der Waals surface area contributed by atoms with Crippen LogP contribution in [0.5, 0.6) is 0 Å². The van der Waals surface area contributed by atoms with Crippen LogP contribution in [0.2, 0.25) is 20.1 Å². The second kappa shape index (κ2) is 14.6. The molecule has 35 heavy (non-hydrogen) atoms. The first-order chi connectivity index (χ1) is 16.7. The lowest BCUT2D eigenvalue weighted by Crippen LogP contribution is -2.40. The molecule has 0 aliphatic heterocycles. The number of carbonyl (C=O) groups excluding carboxylic acids is 2. The minimum Gasteiger partial charge on any atom is -0.338 e. The van der Waals surface area contributed by atoms with Crippen molar-refractivity contribution in [2.24, 2.45) is 5.41 Å². The van der Waals surface area contributed by atoms with Crippen LogP contribution in [-0.4, -0.2) is 25.2 Å². The van der Waals surface area contributed by atoms with Gasteiger partial charge in [-0.2, -0.15) is 0 Å². The standard InChI is InChI=1S/C25H32Cl4N4O2/c1-3-5-11-25(4-2,16-31-24(35)33-18-8-10-20(27)22(29)15-18)12-6-13-30-23(34)32-17-7-9-19(26)21(28)14-17/h7-10,14-15H,3-6,11-13,16H2,1-2H3,(H2,30,32,34)(H2,31,33,35)/t25-/m1/s1. The molecule has 0 aliphatic carbocycles. The van der Waals surface area contributed by atoms with Gasteiger partial charge in [0.05, 0.1) is 20.1 Å². The van der Waals surface area contributed by atoms with Gasteiger partial charge in [-0.15, -0.1) is 0 Å². The van der Waals surface area contributed by atoms with Gasteiger partial charge in [0.1, 0.15) is 0 Å². The molecule has 2 aromatic carbocycles. The maximum absolute atomic E-state index is 12.5. The van der Waals surface area contributed by atoms with Crippen molar-refractivity contribution in [3.05, 3.63) is 56.5 Å². The van der Waals surface area contributed by atoms with Crippen LogP contribution in [0, 0.1) is 5.41 Å². The first-order valence-electron chi connectivity index (χ1n) is 11.7. The highest BCUT2D eigenvalue weighted by molar-refractivity contribution is 6.42. The fourth-order valence-electron chi connectivity index (χ4n) is 3.76. The molecule has 0 fully saturated rings. The van der Waals surface area contributed by atoms with E-state index in [1.54, 1.807) is 36.4 Å². The van der Waals surface area contributed by atoms with Crippen molar-refractivity contribution in [1.29, 1.82) is 0 Å². The molecule has 4 N–H and O–H groups in total. The fraction of sp³-hybridized carbons (Fsp3) is 0.440. The summed E-state index contributed by atoms with van der Waals surface area (Å²) in [6.45, 7) is 5.33. The van der Waals surface area contributed by atoms with Crippen molar-refractivity contribution >= 4 is 69.8 Å². The van der Waals surface area contributed by atoms with Gasteiger partial charge in [0.2, 0.25) is 0 Å². The first kappa shape index (κ1) is 29.4. The van der Waals surface area contributed by atoms with E-state index in [4.69, 9.17) is 46.4 Å². The number of anilines is 2. The van der Waals surface area contributed by atoms with Crippen LogP contribution in [0.4, 0.5) is 21.0 Å². The Morgan fingerprint density at radius 3 is 1.74 bits per heavy atom. The summed E-state index contributed by atoms with van der Waals surface area (Å²) in [7, 11) is 0. The van der Waals surface area contributed by atoms with Gasteiger partial charge in [-0.25, -0.2) is 9.59 Å². The molecule has 2 aromatic rings. The molecule has 0 spiro atoms. The number of hydrogen-bond acceptors (Lipinski definition) is 2. The monoisotopic (exact) mass is 560 g/mol. The average Bonchev–Trinajstić information content (AvgIpc) is 2.83. The summed E-state index contributed by atoms with van der Waals surface area (Å²) < 4.78 is 0. The zero-order valence-corrected chi connectivity index (χ0v) is 23.0. The summed E-state index contributed by atoms with van der Waals surface area (Å²) in [4.78, 5) is 24.7. The zero-order chi connectivity index (χ0) is 25.8. The molecule has 192 valence electrons. The smallest absolute Gasteiger partial charge is 0.319 e. The highest BCUT2D eigenvalue weighted by Gasteiger charge is 2.28. The molecular formula is C25H32Cl4N4O2. The number of nitrogens with one attached hydrogen (secondary N) is 4. The van der Waals surface area contributed by atoms with E-state index in [1.165, 1.54) is 0 Å². The van der Waals surface area contributed by atoms with Crippen LogP contribution >= 0.6 is 46.4 Å². The quantitative estimate of drug-likeness (QED) is 0.196. The molecule has 1 atom stereocenters. The molecule has 0 saturated heterocycles. The van der Waals surface area contributed by atoms with E-state index in [0.717, 1.165) is 38.5 Å². The van der Waals surface area contributed by atoms with Crippen LogP contribution in [-0.2, 0) is 0 Å². The number of rotatable bonds is 12. The van der Waals surface area contributed by atoms with Crippen LogP contribution in [0.1, 0.15) is 52.4 Å². The topological polar surface area (TPSA) is 82.3 Å². The van der Waals surface area contributed by atoms with E-state index in [9.17, 15) is 9.59 Å². The number of urea groups is 2. The largest absolute Gasteiger partial charge is 0.338 e. The van der Waals surface area contributed by atoms with Gasteiger partial charge < -0.3 is 21.3 Å². The molecule has 0 aromatic heterocycles. The second-order valence-corrected chi connectivity index (χ2v) is 10.1. The third-order valence-corrected chi connectivity index (χ3v) is 7.44. The van der Waals surface area contributed by atoms with Gasteiger partial charge in [0, 0.05) is 24.5 Å². The minimum absolute atomic E-state index is 0.0626. The van der Waals surface area contributed by atoms with Gasteiger partial charge in [-0.05, 0) is 67.5 Å². The molecule has 0 saturated carbocycles. The highest BCUT2D eigenvalue weighted by Crippen LogP contribution is 2.33. The molecule has 0 unspecified atom stereocenters. The highest BCUT2D eigenvalue weighted by atomic mass is 35.5. The van der Waals surface area contributed by atoms with Gasteiger partial charge in [0.15, 0.2) is 0 Å². The summed E-state index contributed by atoms with van der Waals surface area (Å²) in [6, 6.07) is 9.28. The van der Waals surface area contributed by atoms with Gasteiger partial charge in [0.25, 0.3) is 0 Å². The van der Waals surface area contributed by atoms with E-state index >= 15 is 0 Å². The van der Waals surface area contributed by atoms with E-state index in [1.807, 2.05) is 0 Å². The lowest BCUT2D eigenvalue weighted by atomic mass is 9.76. The van der Waals surface area contributed by atoms with E-state index < -0.39 is 0 Å². The molecular weight excluding hydrogens is 530 g/mol. The Bertz CT molecular complexity index is 1010. The van der Waals surface area contributed by atoms with E-state index in [2.05, 4.69) is 35.1 Å². The molecule has 0 aliphatic rings. The Morgan fingerprint density at radius 1 is 0.743 bits per heavy atom. The third kappa shape index (κ3) is 9.96. The predicted molar refractivity (Wildman–Crippen MR) is 148 cm³/mol. The Kier molecular flexibility index (Phi) is 12.3. The zero-order valence-electron chi connectivity index (χ0n) is 19.9. The lowest BCUT2D eigenvalue weighted by molar-refractivity contribution is 0.202. The third-order valence-electron chi connectivity index (χ3n) is 5.96. The van der Waals surface area contributed by atoms with Crippen LogP contribution < -0.4 is 21.3 Å². The normalized spacial score (nSPS) is 12.5. The number of halogens is 4. The summed E-state index contributed by atoms with van der Waals surface area (Å²) >= 11 is 23.9. The molecule has 4 amide bonds. The Labute approximate surface area is 227 Å². The molecule has 0 heterocycles. The summed E-state index contributed by atoms with van der Waals surface area (Å²) in [5.41, 5.74) is 1.08. The molecule has 0 bridgehead atoms. The number of unbranched alkanes of at least 4 members (excludes halogenated alkanes) is 1. The Balaban J connectivity index is 1.85. The minimum atomic E-state index is -0.307. The van der Waals surface area contributed by atoms with Crippen molar-refractivity contribution in [3.63, 3.8) is 0 Å². The summed E-state index contributed by atoms with van der Waals surface area (Å²) in [5, 5.41) is 13.1. The molecule has 6 nitrogen and oxygen atoms in total.